The molecule has 3 aromatic heterocycles. The number of H-pyrrole nitrogens is 1. The number of nitrogens with zero attached hydrogens (tertiary/aromatic N) is 4. The number of pyridine rings is 1. The number of hydrogen-bond acceptors (Lipinski definition) is 6. The van der Waals surface area contributed by atoms with Gasteiger partial charge in [0.1, 0.15) is 29.4 Å². The molecule has 0 atom stereocenters. The van der Waals surface area contributed by atoms with Crippen LogP contribution in [-0.4, -0.2) is 33.0 Å². The van der Waals surface area contributed by atoms with Crippen molar-refractivity contribution in [3.05, 3.63) is 66.4 Å². The molecule has 3 heterocycles. The second-order valence-electron chi connectivity index (χ2n) is 6.45. The molecule has 0 fully saturated rings. The fourth-order valence-corrected chi connectivity index (χ4v) is 3.14. The Labute approximate surface area is 171 Å². The molecule has 0 radical (unpaired) electrons. The Kier molecular flexibility index (Phi) is 4.93. The van der Waals surface area contributed by atoms with Gasteiger partial charge in [-0.25, -0.2) is 15.0 Å². The summed E-state index contributed by atoms with van der Waals surface area (Å²) in [5, 5.41) is 10.0. The van der Waals surface area contributed by atoms with Crippen molar-refractivity contribution in [1.29, 1.82) is 5.26 Å². The van der Waals surface area contributed by atoms with Gasteiger partial charge in [0.25, 0.3) is 5.91 Å². The lowest BCUT2D eigenvalue weighted by atomic mass is 10.0. The lowest BCUT2D eigenvalue weighted by molar-refractivity contribution is -0.114. The van der Waals surface area contributed by atoms with Crippen LogP contribution >= 0.6 is 0 Å². The number of amides is 1. The normalized spacial score (nSPS) is 11.3. The van der Waals surface area contributed by atoms with E-state index < -0.39 is 5.91 Å². The number of nitrogens with two attached hydrogens (primary N) is 1. The van der Waals surface area contributed by atoms with Crippen LogP contribution in [0.4, 0.5) is 0 Å². The first-order valence-corrected chi connectivity index (χ1v) is 8.93. The van der Waals surface area contributed by atoms with Gasteiger partial charge in [-0.1, -0.05) is 0 Å². The van der Waals surface area contributed by atoms with E-state index in [1.165, 1.54) is 12.4 Å². The summed E-state index contributed by atoms with van der Waals surface area (Å²) in [5.41, 5.74) is 9.80. The fraction of sp³-hybridized carbons (Fsp3) is 0.0455. The molecule has 0 saturated heterocycles. The molecule has 8 heteroatoms. The minimum absolute atomic E-state index is 0.139. The predicted octanol–water partition coefficient (Wildman–Crippen LogP) is 3.09. The highest BCUT2D eigenvalue weighted by molar-refractivity contribution is 6.01. The van der Waals surface area contributed by atoms with Crippen molar-refractivity contribution in [3.8, 4) is 34.2 Å². The molecule has 0 spiro atoms. The highest BCUT2D eigenvalue weighted by Crippen LogP contribution is 2.32. The first-order valence-electron chi connectivity index (χ1n) is 8.93. The minimum atomic E-state index is -0.785. The zero-order chi connectivity index (χ0) is 21.1. The van der Waals surface area contributed by atoms with Gasteiger partial charge in [-0.2, -0.15) is 5.26 Å². The third kappa shape index (κ3) is 3.59. The molecule has 4 aromatic rings. The van der Waals surface area contributed by atoms with Gasteiger partial charge in [0.05, 0.1) is 12.8 Å². The number of hydrogen-bond donors (Lipinski definition) is 2. The Morgan fingerprint density at radius 3 is 2.80 bits per heavy atom. The zero-order valence-electron chi connectivity index (χ0n) is 16.0. The summed E-state index contributed by atoms with van der Waals surface area (Å²) in [6, 6.07) is 11.0. The monoisotopic (exact) mass is 396 g/mol. The van der Waals surface area contributed by atoms with Crippen LogP contribution in [0.5, 0.6) is 5.75 Å². The van der Waals surface area contributed by atoms with Crippen LogP contribution in [-0.2, 0) is 4.79 Å². The summed E-state index contributed by atoms with van der Waals surface area (Å²) in [6.45, 7) is 0. The average Bonchev–Trinajstić information content (AvgIpc) is 3.21. The maximum absolute atomic E-state index is 11.4. The van der Waals surface area contributed by atoms with E-state index in [0.29, 0.717) is 11.3 Å². The van der Waals surface area contributed by atoms with Gasteiger partial charge in [0.2, 0.25) is 0 Å². The Balaban J connectivity index is 1.85. The number of benzene rings is 1. The number of nitriles is 1. The Morgan fingerprint density at radius 1 is 1.23 bits per heavy atom. The Bertz CT molecular complexity index is 1320. The zero-order valence-corrected chi connectivity index (χ0v) is 16.0. The maximum Gasteiger partial charge on any atom is 0.259 e. The molecule has 146 valence electrons. The SMILES string of the molecule is COc1cc(C=C(C#N)C(N)=O)cc(-c2cnc3[nH]cc(-c4ccncn4)c3c2)c1. The largest absolute Gasteiger partial charge is 0.497 e. The maximum atomic E-state index is 11.4. The van der Waals surface area contributed by atoms with Gasteiger partial charge in [-0.05, 0) is 47.5 Å². The van der Waals surface area contributed by atoms with Gasteiger partial charge >= 0.3 is 0 Å². The molecule has 0 saturated carbocycles. The second kappa shape index (κ2) is 7.85. The molecule has 1 amide bonds. The van der Waals surface area contributed by atoms with E-state index in [-0.39, 0.29) is 5.57 Å². The molecule has 0 aliphatic rings. The van der Waals surface area contributed by atoms with Crippen LogP contribution in [0.15, 0.2) is 60.8 Å². The molecule has 0 aliphatic heterocycles. The summed E-state index contributed by atoms with van der Waals surface area (Å²) >= 11 is 0. The lowest BCUT2D eigenvalue weighted by Crippen LogP contribution is -2.12. The van der Waals surface area contributed by atoms with Crippen molar-refractivity contribution in [2.24, 2.45) is 5.73 Å². The van der Waals surface area contributed by atoms with Crippen molar-refractivity contribution < 1.29 is 9.53 Å². The first kappa shape index (κ1) is 18.8. The number of methoxy groups -OCH3 is 1. The van der Waals surface area contributed by atoms with E-state index in [1.54, 1.807) is 25.6 Å². The van der Waals surface area contributed by atoms with Crippen molar-refractivity contribution in [1.82, 2.24) is 19.9 Å². The van der Waals surface area contributed by atoms with Crippen LogP contribution in [0.3, 0.4) is 0 Å². The Morgan fingerprint density at radius 2 is 2.10 bits per heavy atom. The molecule has 30 heavy (non-hydrogen) atoms. The van der Waals surface area contributed by atoms with E-state index >= 15 is 0 Å². The molecule has 8 nitrogen and oxygen atoms in total. The average molecular weight is 396 g/mol. The minimum Gasteiger partial charge on any atom is -0.497 e. The standard InChI is InChI=1S/C22H16N6O2/c1-30-17-6-13(5-15(9-23)21(24)29)4-14(7-17)16-8-18-19(11-27-22(18)26-10-16)20-2-3-25-12-28-20/h2-8,10-12H,1H3,(H2,24,29)(H,26,27). The number of ether oxygens (including phenoxy) is 1. The van der Waals surface area contributed by atoms with Gasteiger partial charge in [0.15, 0.2) is 0 Å². The van der Waals surface area contributed by atoms with Crippen molar-refractivity contribution in [2.45, 2.75) is 0 Å². The first-order chi connectivity index (χ1) is 14.6. The van der Waals surface area contributed by atoms with E-state index in [1.807, 2.05) is 36.5 Å². The predicted molar refractivity (Wildman–Crippen MR) is 112 cm³/mol. The van der Waals surface area contributed by atoms with E-state index in [4.69, 9.17) is 15.7 Å². The third-order valence-electron chi connectivity index (χ3n) is 4.58. The number of carbonyl (C=O) groups is 1. The molecule has 0 aliphatic carbocycles. The molecule has 3 N–H and O–H groups in total. The third-order valence-corrected chi connectivity index (χ3v) is 4.58. The number of carbonyl (C=O) groups excluding carboxylic acids is 1. The lowest BCUT2D eigenvalue weighted by Gasteiger charge is -2.08. The van der Waals surface area contributed by atoms with Crippen LogP contribution in [0.2, 0.25) is 0 Å². The number of aromatic nitrogens is 4. The van der Waals surface area contributed by atoms with E-state index in [9.17, 15) is 4.79 Å². The van der Waals surface area contributed by atoms with Crippen LogP contribution in [0.25, 0.3) is 39.5 Å². The summed E-state index contributed by atoms with van der Waals surface area (Å²) in [6.07, 6.45) is 8.21. The molecule has 1 aromatic carbocycles. The van der Waals surface area contributed by atoms with E-state index in [2.05, 4.69) is 19.9 Å². The number of nitrogens with one attached hydrogen (secondary N) is 1. The number of primary amides is 1. The van der Waals surface area contributed by atoms with Gasteiger partial charge in [-0.15, -0.1) is 0 Å². The number of fused-ring (bicyclic) bond motifs is 1. The molecule has 0 bridgehead atoms. The molecule has 4 rings (SSSR count). The van der Waals surface area contributed by atoms with Crippen LogP contribution < -0.4 is 10.5 Å². The summed E-state index contributed by atoms with van der Waals surface area (Å²) in [5.74, 6) is -0.211. The smallest absolute Gasteiger partial charge is 0.259 e. The van der Waals surface area contributed by atoms with Crippen molar-refractivity contribution in [3.63, 3.8) is 0 Å². The highest BCUT2D eigenvalue weighted by atomic mass is 16.5. The second-order valence-corrected chi connectivity index (χ2v) is 6.45. The Hall–Kier alpha value is -4.51. The van der Waals surface area contributed by atoms with Gasteiger partial charge in [-0.3, -0.25) is 4.79 Å². The van der Waals surface area contributed by atoms with Crippen LogP contribution in [0.1, 0.15) is 5.56 Å². The quantitative estimate of drug-likeness (QED) is 0.394. The summed E-state index contributed by atoms with van der Waals surface area (Å²) in [4.78, 5) is 27.3. The summed E-state index contributed by atoms with van der Waals surface area (Å²) < 4.78 is 5.39. The topological polar surface area (TPSA) is 131 Å². The number of rotatable bonds is 5. The van der Waals surface area contributed by atoms with Crippen molar-refractivity contribution >= 4 is 23.0 Å². The summed E-state index contributed by atoms with van der Waals surface area (Å²) in [7, 11) is 1.55. The molecular formula is C22H16N6O2. The fourth-order valence-electron chi connectivity index (χ4n) is 3.14. The van der Waals surface area contributed by atoms with Crippen molar-refractivity contribution in [2.75, 3.05) is 7.11 Å². The highest BCUT2D eigenvalue weighted by Gasteiger charge is 2.12. The number of aromatic amines is 1. The molecular weight excluding hydrogens is 380 g/mol. The van der Waals surface area contributed by atoms with E-state index in [0.717, 1.165) is 33.4 Å². The van der Waals surface area contributed by atoms with Gasteiger partial charge in [0, 0.05) is 35.1 Å². The molecule has 0 unspecified atom stereocenters. The van der Waals surface area contributed by atoms with Gasteiger partial charge < -0.3 is 15.5 Å². The van der Waals surface area contributed by atoms with Crippen LogP contribution in [0, 0.1) is 11.3 Å².